The van der Waals surface area contributed by atoms with Crippen molar-refractivity contribution in [1.29, 1.82) is 0 Å². The van der Waals surface area contributed by atoms with Crippen LogP contribution in [-0.2, 0) is 9.53 Å². The van der Waals surface area contributed by atoms with Crippen molar-refractivity contribution in [2.75, 3.05) is 0 Å². The summed E-state index contributed by atoms with van der Waals surface area (Å²) in [6, 6.07) is 8.83. The van der Waals surface area contributed by atoms with E-state index in [1.54, 1.807) is 19.1 Å². The Morgan fingerprint density at radius 1 is 1.29 bits per heavy atom. The summed E-state index contributed by atoms with van der Waals surface area (Å²) in [6.07, 6.45) is 3.36. The molecule has 1 aromatic carbocycles. The summed E-state index contributed by atoms with van der Waals surface area (Å²) in [5.41, 5.74) is 0.922. The van der Waals surface area contributed by atoms with Gasteiger partial charge in [0.05, 0.1) is 11.1 Å². The van der Waals surface area contributed by atoms with Gasteiger partial charge in [-0.05, 0) is 31.9 Å². The van der Waals surface area contributed by atoms with Gasteiger partial charge < -0.3 is 10.1 Å². The van der Waals surface area contributed by atoms with Crippen LogP contribution in [0.1, 0.15) is 43.0 Å². The van der Waals surface area contributed by atoms with E-state index in [4.69, 9.17) is 16.3 Å². The number of hydrogen-bond donors (Lipinski definition) is 1. The largest absolute Gasteiger partial charge is 0.449 e. The highest BCUT2D eigenvalue weighted by Gasteiger charge is 2.24. The quantitative estimate of drug-likeness (QED) is 0.679. The molecule has 1 aliphatic carbocycles. The molecule has 1 atom stereocenters. The molecule has 0 bridgehead atoms. The molecule has 3 rings (SSSR count). The molecular weight excluding hydrogens is 328 g/mol. The topological polar surface area (TPSA) is 68.3 Å². The molecule has 0 unspecified atom stereocenters. The summed E-state index contributed by atoms with van der Waals surface area (Å²) < 4.78 is 5.33. The van der Waals surface area contributed by atoms with E-state index in [-0.39, 0.29) is 17.1 Å². The lowest BCUT2D eigenvalue weighted by molar-refractivity contribution is -0.129. The average molecular weight is 347 g/mol. The van der Waals surface area contributed by atoms with Crippen LogP contribution in [0.4, 0.5) is 0 Å². The van der Waals surface area contributed by atoms with Crippen molar-refractivity contribution in [2.45, 2.75) is 44.8 Å². The van der Waals surface area contributed by atoms with Crippen LogP contribution >= 0.6 is 11.6 Å². The van der Waals surface area contributed by atoms with E-state index in [2.05, 4.69) is 10.3 Å². The first-order chi connectivity index (χ1) is 11.5. The number of fused-ring (bicyclic) bond motifs is 1. The highest BCUT2D eigenvalue weighted by molar-refractivity contribution is 6.30. The molecule has 0 saturated heterocycles. The molecule has 126 valence electrons. The third-order valence-electron chi connectivity index (χ3n) is 4.26. The SMILES string of the molecule is C[C@@H](OC(=O)c1cc(Cl)nc2ccccc12)C(=O)NC1CCCC1. The van der Waals surface area contributed by atoms with E-state index in [0.717, 1.165) is 25.7 Å². The first-order valence-electron chi connectivity index (χ1n) is 8.11. The van der Waals surface area contributed by atoms with Gasteiger partial charge in [0.1, 0.15) is 5.15 Å². The molecular formula is C18H19ClN2O3. The fraction of sp³-hybridized carbons (Fsp3) is 0.389. The summed E-state index contributed by atoms with van der Waals surface area (Å²) in [5.74, 6) is -0.843. The lowest BCUT2D eigenvalue weighted by atomic mass is 10.1. The summed E-state index contributed by atoms with van der Waals surface area (Å²) >= 11 is 5.98. The molecule has 2 aromatic rings. The Balaban J connectivity index is 1.73. The Morgan fingerprint density at radius 3 is 2.75 bits per heavy atom. The third-order valence-corrected chi connectivity index (χ3v) is 4.45. The van der Waals surface area contributed by atoms with Gasteiger partial charge in [0.2, 0.25) is 0 Å². The van der Waals surface area contributed by atoms with E-state index < -0.39 is 12.1 Å². The number of hydrogen-bond acceptors (Lipinski definition) is 4. The Labute approximate surface area is 145 Å². The van der Waals surface area contributed by atoms with Gasteiger partial charge >= 0.3 is 5.97 Å². The van der Waals surface area contributed by atoms with Crippen molar-refractivity contribution in [3.63, 3.8) is 0 Å². The second kappa shape index (κ2) is 7.18. The fourth-order valence-electron chi connectivity index (χ4n) is 2.98. The fourth-order valence-corrected chi connectivity index (χ4v) is 3.18. The maximum atomic E-state index is 12.5. The van der Waals surface area contributed by atoms with Gasteiger partial charge in [-0.1, -0.05) is 42.6 Å². The van der Waals surface area contributed by atoms with Gasteiger partial charge in [0.15, 0.2) is 6.10 Å². The van der Waals surface area contributed by atoms with Crippen molar-refractivity contribution in [2.24, 2.45) is 0 Å². The van der Waals surface area contributed by atoms with Crippen molar-refractivity contribution < 1.29 is 14.3 Å². The predicted molar refractivity (Wildman–Crippen MR) is 92.0 cm³/mol. The molecule has 24 heavy (non-hydrogen) atoms. The Morgan fingerprint density at radius 2 is 2.00 bits per heavy atom. The summed E-state index contributed by atoms with van der Waals surface area (Å²) in [4.78, 5) is 28.8. The average Bonchev–Trinajstić information content (AvgIpc) is 3.06. The molecule has 0 radical (unpaired) electrons. The molecule has 1 N–H and O–H groups in total. The number of nitrogens with zero attached hydrogens (tertiary/aromatic N) is 1. The van der Waals surface area contributed by atoms with Crippen LogP contribution in [0, 0.1) is 0 Å². The number of aromatic nitrogens is 1. The van der Waals surface area contributed by atoms with Crippen LogP contribution in [0.25, 0.3) is 10.9 Å². The van der Waals surface area contributed by atoms with Gasteiger partial charge in [-0.25, -0.2) is 9.78 Å². The summed E-state index contributed by atoms with van der Waals surface area (Å²) in [5, 5.41) is 3.79. The van der Waals surface area contributed by atoms with Gasteiger partial charge in [-0.3, -0.25) is 4.79 Å². The number of para-hydroxylation sites is 1. The lowest BCUT2D eigenvalue weighted by Crippen LogP contribution is -2.40. The van der Waals surface area contributed by atoms with E-state index in [1.807, 2.05) is 12.1 Å². The zero-order valence-electron chi connectivity index (χ0n) is 13.4. The van der Waals surface area contributed by atoms with Gasteiger partial charge in [-0.2, -0.15) is 0 Å². The van der Waals surface area contributed by atoms with Gasteiger partial charge in [-0.15, -0.1) is 0 Å². The normalized spacial score (nSPS) is 16.1. The monoisotopic (exact) mass is 346 g/mol. The summed E-state index contributed by atoms with van der Waals surface area (Å²) in [7, 11) is 0. The van der Waals surface area contributed by atoms with Crippen LogP contribution in [0.15, 0.2) is 30.3 Å². The minimum atomic E-state index is -0.858. The number of carbonyl (C=O) groups excluding carboxylic acids is 2. The predicted octanol–water partition coefficient (Wildman–Crippen LogP) is 3.49. The summed E-state index contributed by atoms with van der Waals surface area (Å²) in [6.45, 7) is 1.58. The Kier molecular flexibility index (Phi) is 5.00. The molecule has 1 fully saturated rings. The van der Waals surface area contributed by atoms with Crippen LogP contribution in [-0.4, -0.2) is 29.0 Å². The van der Waals surface area contributed by atoms with E-state index in [9.17, 15) is 9.59 Å². The number of carbonyl (C=O) groups is 2. The van der Waals surface area contributed by atoms with Crippen LogP contribution in [0.5, 0.6) is 0 Å². The van der Waals surface area contributed by atoms with Crippen molar-refractivity contribution in [1.82, 2.24) is 10.3 Å². The maximum Gasteiger partial charge on any atom is 0.339 e. The lowest BCUT2D eigenvalue weighted by Gasteiger charge is -2.17. The third kappa shape index (κ3) is 3.67. The zero-order valence-corrected chi connectivity index (χ0v) is 14.2. The zero-order chi connectivity index (χ0) is 17.1. The second-order valence-electron chi connectivity index (χ2n) is 6.05. The van der Waals surface area contributed by atoms with Gasteiger partial charge in [0.25, 0.3) is 5.91 Å². The minimum absolute atomic E-state index is 0.190. The number of rotatable bonds is 4. The molecule has 1 amide bonds. The van der Waals surface area contributed by atoms with Crippen LogP contribution in [0.2, 0.25) is 5.15 Å². The number of benzene rings is 1. The molecule has 1 aromatic heterocycles. The molecule has 6 heteroatoms. The first kappa shape index (κ1) is 16.7. The number of halogens is 1. The Bertz CT molecular complexity index is 772. The minimum Gasteiger partial charge on any atom is -0.449 e. The number of ether oxygens (including phenoxy) is 1. The van der Waals surface area contributed by atoms with Gasteiger partial charge in [0, 0.05) is 11.4 Å². The Hall–Kier alpha value is -2.14. The highest BCUT2D eigenvalue weighted by Crippen LogP contribution is 2.22. The van der Waals surface area contributed by atoms with Crippen molar-refractivity contribution >= 4 is 34.4 Å². The molecule has 1 saturated carbocycles. The maximum absolute atomic E-state index is 12.5. The number of nitrogens with one attached hydrogen (secondary N) is 1. The van der Waals surface area contributed by atoms with Crippen molar-refractivity contribution in [3.8, 4) is 0 Å². The van der Waals surface area contributed by atoms with Crippen LogP contribution < -0.4 is 5.32 Å². The standard InChI is InChI=1S/C18H19ClN2O3/c1-11(17(22)20-12-6-2-3-7-12)24-18(23)14-10-16(19)21-15-9-5-4-8-13(14)15/h4-5,8-12H,2-3,6-7H2,1H3,(H,20,22)/t11-/m1/s1. The number of esters is 1. The molecule has 1 heterocycles. The smallest absolute Gasteiger partial charge is 0.339 e. The molecule has 5 nitrogen and oxygen atoms in total. The highest BCUT2D eigenvalue weighted by atomic mass is 35.5. The molecule has 1 aliphatic rings. The number of pyridine rings is 1. The van der Waals surface area contributed by atoms with Crippen LogP contribution in [0.3, 0.4) is 0 Å². The second-order valence-corrected chi connectivity index (χ2v) is 6.43. The van der Waals surface area contributed by atoms with E-state index in [0.29, 0.717) is 16.5 Å². The number of amides is 1. The molecule has 0 spiro atoms. The van der Waals surface area contributed by atoms with Crippen molar-refractivity contribution in [3.05, 3.63) is 41.0 Å². The van der Waals surface area contributed by atoms with E-state index in [1.165, 1.54) is 6.07 Å². The van der Waals surface area contributed by atoms with E-state index >= 15 is 0 Å². The molecule has 0 aliphatic heterocycles. The first-order valence-corrected chi connectivity index (χ1v) is 8.49.